The molecular weight excluding hydrogens is 386 g/mol. The second-order valence-corrected chi connectivity index (χ2v) is 9.12. The number of amides is 1. The third-order valence-electron chi connectivity index (χ3n) is 4.91. The van der Waals surface area contributed by atoms with Crippen LogP contribution in [0, 0.1) is 0 Å². The monoisotopic (exact) mass is 409 g/mol. The lowest BCUT2D eigenvalue weighted by Gasteiger charge is -2.26. The Balaban J connectivity index is 1.74. The molecule has 8 nitrogen and oxygen atoms in total. The number of hydrogen-bond acceptors (Lipinski definition) is 7. The quantitative estimate of drug-likeness (QED) is 0.670. The first-order valence-electron chi connectivity index (χ1n) is 8.91. The lowest BCUT2D eigenvalue weighted by atomic mass is 10.1. The van der Waals surface area contributed by atoms with Crippen molar-refractivity contribution < 1.29 is 31.9 Å². The van der Waals surface area contributed by atoms with E-state index in [0.717, 1.165) is 5.39 Å². The summed E-state index contributed by atoms with van der Waals surface area (Å²) in [6, 6.07) is 6.74. The molecule has 0 saturated carbocycles. The number of ether oxygens (including phenoxy) is 2. The van der Waals surface area contributed by atoms with E-state index in [1.807, 2.05) is 12.1 Å². The summed E-state index contributed by atoms with van der Waals surface area (Å²) in [7, 11) is -0.0919. The molecule has 0 unspecified atom stereocenters. The molecule has 1 aliphatic rings. The molecule has 2 aromatic rings. The van der Waals surface area contributed by atoms with E-state index in [0.29, 0.717) is 17.6 Å². The van der Waals surface area contributed by atoms with Crippen LogP contribution in [0.2, 0.25) is 0 Å². The topological polar surface area (TPSA) is 103 Å². The number of carbonyl (C=O) groups is 2. The Labute approximate surface area is 163 Å². The van der Waals surface area contributed by atoms with Crippen LogP contribution in [0.25, 0.3) is 11.0 Å². The lowest BCUT2D eigenvalue weighted by Crippen LogP contribution is -2.44. The van der Waals surface area contributed by atoms with Crippen LogP contribution in [0.15, 0.2) is 28.7 Å². The molecule has 1 aliphatic heterocycles. The highest BCUT2D eigenvalue weighted by Crippen LogP contribution is 2.27. The first-order chi connectivity index (χ1) is 13.2. The van der Waals surface area contributed by atoms with E-state index in [-0.39, 0.29) is 23.9 Å². The Hall–Kier alpha value is -2.39. The molecule has 0 N–H and O–H groups in total. The number of methoxy groups -OCH3 is 1. The van der Waals surface area contributed by atoms with Gasteiger partial charge in [0.1, 0.15) is 5.58 Å². The van der Waals surface area contributed by atoms with Crippen molar-refractivity contribution >= 4 is 32.7 Å². The number of nitrogens with zero attached hydrogens (tertiary/aromatic N) is 1. The maximum atomic E-state index is 12.6. The highest BCUT2D eigenvalue weighted by Gasteiger charge is 2.35. The molecule has 9 heteroatoms. The zero-order valence-electron chi connectivity index (χ0n) is 16.0. The van der Waals surface area contributed by atoms with Crippen LogP contribution in [0.3, 0.4) is 0 Å². The largest absolute Gasteiger partial charge is 0.449 e. The van der Waals surface area contributed by atoms with Crippen molar-refractivity contribution in [2.75, 3.05) is 25.7 Å². The Morgan fingerprint density at radius 1 is 1.32 bits per heavy atom. The van der Waals surface area contributed by atoms with E-state index in [1.165, 1.54) is 26.0 Å². The highest BCUT2D eigenvalue weighted by atomic mass is 32.2. The Bertz CT molecular complexity index is 995. The molecule has 0 radical (unpaired) electrons. The summed E-state index contributed by atoms with van der Waals surface area (Å²) in [4.78, 5) is 26.6. The van der Waals surface area contributed by atoms with Gasteiger partial charge in [0.25, 0.3) is 5.91 Å². The average molecular weight is 409 g/mol. The van der Waals surface area contributed by atoms with E-state index < -0.39 is 33.9 Å². The van der Waals surface area contributed by atoms with Gasteiger partial charge in [0, 0.05) is 31.1 Å². The number of rotatable bonds is 6. The van der Waals surface area contributed by atoms with Crippen LogP contribution in [0.5, 0.6) is 0 Å². The van der Waals surface area contributed by atoms with Crippen LogP contribution >= 0.6 is 0 Å². The number of carbonyl (C=O) groups excluding carboxylic acids is 2. The van der Waals surface area contributed by atoms with Crippen LogP contribution in [0.4, 0.5) is 0 Å². The summed E-state index contributed by atoms with van der Waals surface area (Å²) in [5, 5.41) is 0.739. The van der Waals surface area contributed by atoms with Gasteiger partial charge in [0.15, 0.2) is 15.9 Å². The molecule has 1 amide bonds. The standard InChI is InChI=1S/C19H23NO7S/c1-12(18(21)20(2)13-8-9-28(23,24)11-13)26-19(22)17-15(10-25-3)14-6-4-5-7-16(14)27-17/h4-7,12-13H,8-11H2,1-3H3/t12-,13+/m1/s1. The predicted octanol–water partition coefficient (Wildman–Crippen LogP) is 1.77. The molecular formula is C19H23NO7S. The van der Waals surface area contributed by atoms with Gasteiger partial charge < -0.3 is 18.8 Å². The van der Waals surface area contributed by atoms with Gasteiger partial charge in [-0.3, -0.25) is 4.79 Å². The molecule has 1 aromatic heterocycles. The first-order valence-corrected chi connectivity index (χ1v) is 10.7. The Morgan fingerprint density at radius 2 is 2.04 bits per heavy atom. The Kier molecular flexibility index (Phi) is 5.76. The van der Waals surface area contributed by atoms with Gasteiger partial charge in [-0.05, 0) is 19.4 Å². The van der Waals surface area contributed by atoms with Gasteiger partial charge in [-0.1, -0.05) is 18.2 Å². The first kappa shape index (κ1) is 20.3. The van der Waals surface area contributed by atoms with E-state index in [1.54, 1.807) is 12.1 Å². The van der Waals surface area contributed by atoms with Crippen molar-refractivity contribution in [1.82, 2.24) is 4.90 Å². The van der Waals surface area contributed by atoms with Crippen LogP contribution < -0.4 is 0 Å². The number of likely N-dealkylation sites (N-methyl/N-ethyl adjacent to an activating group) is 1. The van der Waals surface area contributed by atoms with E-state index in [4.69, 9.17) is 13.9 Å². The minimum Gasteiger partial charge on any atom is -0.449 e. The molecule has 28 heavy (non-hydrogen) atoms. The molecule has 2 heterocycles. The maximum absolute atomic E-state index is 12.6. The SMILES string of the molecule is COCc1c(C(=O)O[C@H](C)C(=O)N(C)[C@H]2CCS(=O)(=O)C2)oc2ccccc12. The minimum atomic E-state index is -3.12. The van der Waals surface area contributed by atoms with Gasteiger partial charge in [0.2, 0.25) is 5.76 Å². The number of esters is 1. The van der Waals surface area contributed by atoms with Crippen molar-refractivity contribution in [2.45, 2.75) is 32.1 Å². The van der Waals surface area contributed by atoms with Crippen molar-refractivity contribution in [3.05, 3.63) is 35.6 Å². The zero-order valence-corrected chi connectivity index (χ0v) is 16.8. The Morgan fingerprint density at radius 3 is 2.68 bits per heavy atom. The summed E-state index contributed by atoms with van der Waals surface area (Å²) in [6.07, 6.45) is -0.698. The van der Waals surface area contributed by atoms with E-state index >= 15 is 0 Å². The van der Waals surface area contributed by atoms with Gasteiger partial charge in [0.05, 0.1) is 18.1 Å². The number of benzene rings is 1. The van der Waals surface area contributed by atoms with E-state index in [9.17, 15) is 18.0 Å². The number of fused-ring (bicyclic) bond motifs is 1. The van der Waals surface area contributed by atoms with Crippen molar-refractivity contribution in [3.8, 4) is 0 Å². The summed E-state index contributed by atoms with van der Waals surface area (Å²) in [5.74, 6) is -1.24. The molecule has 2 atom stereocenters. The summed E-state index contributed by atoms with van der Waals surface area (Å²) in [5.41, 5.74) is 1.08. The van der Waals surface area contributed by atoms with E-state index in [2.05, 4.69) is 0 Å². The zero-order chi connectivity index (χ0) is 20.5. The second-order valence-electron chi connectivity index (χ2n) is 6.89. The van der Waals surface area contributed by atoms with Gasteiger partial charge in [-0.25, -0.2) is 13.2 Å². The smallest absolute Gasteiger partial charge is 0.375 e. The second kappa shape index (κ2) is 7.92. The predicted molar refractivity (Wildman–Crippen MR) is 102 cm³/mol. The number of hydrogen-bond donors (Lipinski definition) is 0. The van der Waals surface area contributed by atoms with Gasteiger partial charge in [-0.15, -0.1) is 0 Å². The molecule has 0 bridgehead atoms. The molecule has 1 saturated heterocycles. The average Bonchev–Trinajstić information content (AvgIpc) is 3.21. The molecule has 0 spiro atoms. The minimum absolute atomic E-state index is 0.00574. The molecule has 1 fully saturated rings. The molecule has 1 aromatic carbocycles. The summed E-state index contributed by atoms with van der Waals surface area (Å²) < 4.78 is 39.4. The lowest BCUT2D eigenvalue weighted by molar-refractivity contribution is -0.140. The third kappa shape index (κ3) is 4.05. The van der Waals surface area contributed by atoms with Crippen LogP contribution in [-0.4, -0.2) is 63.0 Å². The summed E-state index contributed by atoms with van der Waals surface area (Å²) in [6.45, 7) is 1.61. The van der Waals surface area contributed by atoms with Gasteiger partial charge >= 0.3 is 5.97 Å². The van der Waals surface area contributed by atoms with Crippen LogP contribution in [-0.2, 0) is 30.7 Å². The molecule has 152 valence electrons. The fourth-order valence-electron chi connectivity index (χ4n) is 3.36. The van der Waals surface area contributed by atoms with Crippen molar-refractivity contribution in [3.63, 3.8) is 0 Å². The van der Waals surface area contributed by atoms with Crippen molar-refractivity contribution in [2.24, 2.45) is 0 Å². The van der Waals surface area contributed by atoms with Crippen LogP contribution in [0.1, 0.15) is 29.5 Å². The third-order valence-corrected chi connectivity index (χ3v) is 6.66. The fourth-order valence-corrected chi connectivity index (χ4v) is 5.14. The molecule has 3 rings (SSSR count). The maximum Gasteiger partial charge on any atom is 0.375 e. The number of para-hydroxylation sites is 1. The number of furan rings is 1. The normalized spacial score (nSPS) is 19.5. The fraction of sp³-hybridized carbons (Fsp3) is 0.474. The van der Waals surface area contributed by atoms with Gasteiger partial charge in [-0.2, -0.15) is 0 Å². The molecule has 0 aliphatic carbocycles. The summed E-state index contributed by atoms with van der Waals surface area (Å²) >= 11 is 0. The van der Waals surface area contributed by atoms with Crippen molar-refractivity contribution in [1.29, 1.82) is 0 Å². The highest BCUT2D eigenvalue weighted by molar-refractivity contribution is 7.91. The number of sulfone groups is 1.